The highest BCUT2D eigenvalue weighted by atomic mass is 35.5. The monoisotopic (exact) mass is 598 g/mol. The normalized spacial score (nSPS) is 11.8. The molecule has 40 heavy (non-hydrogen) atoms. The van der Waals surface area contributed by atoms with Gasteiger partial charge in [-0.2, -0.15) is 5.26 Å². The van der Waals surface area contributed by atoms with Gasteiger partial charge in [0.25, 0.3) is 5.91 Å². The van der Waals surface area contributed by atoms with E-state index >= 15 is 0 Å². The number of rotatable bonds is 10. The molecular formula is C28H27ClN4O5S2. The van der Waals surface area contributed by atoms with Crippen LogP contribution in [0.5, 0.6) is 0 Å². The first-order valence-corrected chi connectivity index (χ1v) is 15.7. The Kier molecular flexibility index (Phi) is 8.65. The minimum Gasteiger partial charge on any atom is -0.351 e. The van der Waals surface area contributed by atoms with Crippen molar-refractivity contribution in [3.63, 3.8) is 0 Å². The summed E-state index contributed by atoms with van der Waals surface area (Å²) in [4.78, 5) is 16.1. The van der Waals surface area contributed by atoms with E-state index in [0.29, 0.717) is 34.3 Å². The summed E-state index contributed by atoms with van der Waals surface area (Å²) in [5, 5.41) is 12.2. The quantitative estimate of drug-likeness (QED) is 0.227. The Morgan fingerprint density at radius 3 is 2.20 bits per heavy atom. The van der Waals surface area contributed by atoms with Gasteiger partial charge in [0.05, 0.1) is 21.4 Å². The van der Waals surface area contributed by atoms with Crippen molar-refractivity contribution < 1.29 is 21.6 Å². The van der Waals surface area contributed by atoms with Crippen LogP contribution in [0.2, 0.25) is 5.02 Å². The number of unbranched alkanes of at least 4 members (excludes halogenated alkanes) is 1. The van der Waals surface area contributed by atoms with E-state index in [0.717, 1.165) is 11.1 Å². The third-order valence-corrected chi connectivity index (χ3v) is 9.72. The van der Waals surface area contributed by atoms with Crippen LogP contribution in [0.4, 0.5) is 0 Å². The predicted molar refractivity (Wildman–Crippen MR) is 153 cm³/mol. The summed E-state index contributed by atoms with van der Waals surface area (Å²) >= 11 is 6.17. The van der Waals surface area contributed by atoms with Gasteiger partial charge in [0.2, 0.25) is 19.9 Å². The molecule has 0 unspecified atom stereocenters. The summed E-state index contributed by atoms with van der Waals surface area (Å²) < 4.78 is 54.9. The maximum absolute atomic E-state index is 13.8. The third kappa shape index (κ3) is 6.37. The van der Waals surface area contributed by atoms with Crippen LogP contribution < -0.4 is 10.0 Å². The van der Waals surface area contributed by atoms with Crippen LogP contribution in [0.3, 0.4) is 0 Å². The molecule has 0 bridgehead atoms. The number of nitrogens with one attached hydrogen (secondary N) is 3. The van der Waals surface area contributed by atoms with Crippen LogP contribution in [-0.4, -0.2) is 40.8 Å². The lowest BCUT2D eigenvalue weighted by Crippen LogP contribution is -2.28. The number of aryl methyl sites for hydroxylation is 2. The smallest absolute Gasteiger partial charge is 0.269 e. The molecule has 4 aromatic rings. The molecule has 1 amide bonds. The lowest BCUT2D eigenvalue weighted by molar-refractivity contribution is 0.0945. The van der Waals surface area contributed by atoms with E-state index < -0.39 is 25.8 Å². The van der Waals surface area contributed by atoms with Gasteiger partial charge in [-0.1, -0.05) is 17.7 Å². The number of sulfonamides is 1. The zero-order valence-electron chi connectivity index (χ0n) is 21.8. The zero-order valence-corrected chi connectivity index (χ0v) is 24.2. The molecule has 1 heterocycles. The number of sulfone groups is 1. The summed E-state index contributed by atoms with van der Waals surface area (Å²) in [6.45, 7) is 3.93. The predicted octanol–water partition coefficient (Wildman–Crippen LogP) is 4.63. The highest BCUT2D eigenvalue weighted by Gasteiger charge is 2.30. The maximum Gasteiger partial charge on any atom is 0.269 e. The number of nitriles is 1. The Bertz CT molecular complexity index is 1820. The largest absolute Gasteiger partial charge is 0.351 e. The number of aromatic nitrogens is 1. The Balaban J connectivity index is 1.46. The fourth-order valence-electron chi connectivity index (χ4n) is 4.32. The van der Waals surface area contributed by atoms with Crippen molar-refractivity contribution in [1.29, 1.82) is 5.26 Å². The summed E-state index contributed by atoms with van der Waals surface area (Å²) in [6.07, 6.45) is 0.860. The molecule has 4 rings (SSSR count). The number of carbonyl (C=O) groups excluding carboxylic acids is 1. The first kappa shape index (κ1) is 29.3. The van der Waals surface area contributed by atoms with Crippen LogP contribution in [0.15, 0.2) is 75.4 Å². The molecule has 0 spiro atoms. The van der Waals surface area contributed by atoms with Crippen LogP contribution >= 0.6 is 11.6 Å². The molecule has 9 nitrogen and oxygen atoms in total. The standard InChI is InChI=1S/C28H27ClN4O5S2/c1-18-13-19(2)15-23(14-18)39(35,36)27-24-16-21(29)7-10-25(24)33-26(27)28(34)31-11-3-4-12-32-40(37,38)22-8-5-20(17-30)6-9-22/h5-10,13-16,32-33H,3-4,11-12H2,1-2H3,(H,31,34). The van der Waals surface area contributed by atoms with E-state index in [-0.39, 0.29) is 33.5 Å². The molecule has 12 heteroatoms. The maximum atomic E-state index is 13.8. The number of H-pyrrole nitrogens is 1. The Morgan fingerprint density at radius 1 is 0.900 bits per heavy atom. The molecule has 1 aromatic heterocycles. The number of hydrogen-bond donors (Lipinski definition) is 3. The molecule has 3 aromatic carbocycles. The van der Waals surface area contributed by atoms with Crippen molar-refractivity contribution in [3.8, 4) is 6.07 Å². The fourth-order valence-corrected chi connectivity index (χ4v) is 7.36. The number of fused-ring (bicyclic) bond motifs is 1. The van der Waals surface area contributed by atoms with E-state index in [1.807, 2.05) is 12.1 Å². The number of halogens is 1. The molecule has 0 fully saturated rings. The molecule has 0 aliphatic carbocycles. The molecule has 0 saturated carbocycles. The third-order valence-electron chi connectivity index (χ3n) is 6.19. The Morgan fingerprint density at radius 2 is 1.55 bits per heavy atom. The summed E-state index contributed by atoms with van der Waals surface area (Å²) in [5.74, 6) is -0.603. The van der Waals surface area contributed by atoms with Gasteiger partial charge in [-0.15, -0.1) is 0 Å². The SMILES string of the molecule is Cc1cc(C)cc(S(=O)(=O)c2c(C(=O)NCCCCNS(=O)(=O)c3ccc(C#N)cc3)[nH]c3ccc(Cl)cc23)c1. The first-order valence-electron chi connectivity index (χ1n) is 12.3. The van der Waals surface area contributed by atoms with Crippen LogP contribution in [0, 0.1) is 25.2 Å². The van der Waals surface area contributed by atoms with Crippen molar-refractivity contribution in [2.45, 2.75) is 41.4 Å². The van der Waals surface area contributed by atoms with Crippen molar-refractivity contribution in [2.24, 2.45) is 0 Å². The molecule has 0 saturated heterocycles. The van der Waals surface area contributed by atoms with E-state index in [1.165, 1.54) is 30.3 Å². The second kappa shape index (κ2) is 11.8. The molecule has 208 valence electrons. The summed E-state index contributed by atoms with van der Waals surface area (Å²) in [6, 6.07) is 17.2. The van der Waals surface area contributed by atoms with Gasteiger partial charge in [0, 0.05) is 29.0 Å². The van der Waals surface area contributed by atoms with Crippen molar-refractivity contribution in [2.75, 3.05) is 13.1 Å². The second-order valence-corrected chi connectivity index (χ2v) is 13.4. The van der Waals surface area contributed by atoms with E-state index in [1.54, 1.807) is 38.1 Å². The fraction of sp³-hybridized carbons (Fsp3) is 0.214. The average Bonchev–Trinajstić information content (AvgIpc) is 3.29. The number of carbonyl (C=O) groups is 1. The molecule has 0 aliphatic heterocycles. The minimum atomic E-state index is -4.09. The van der Waals surface area contributed by atoms with Gasteiger partial charge >= 0.3 is 0 Å². The molecule has 0 radical (unpaired) electrons. The molecule has 0 atom stereocenters. The number of benzene rings is 3. The molecule has 0 aliphatic rings. The minimum absolute atomic E-state index is 0.0521. The highest BCUT2D eigenvalue weighted by Crippen LogP contribution is 2.34. The summed E-state index contributed by atoms with van der Waals surface area (Å²) in [7, 11) is -7.83. The van der Waals surface area contributed by atoms with Gasteiger partial charge in [0.15, 0.2) is 0 Å². The first-order chi connectivity index (χ1) is 18.9. The topological polar surface area (TPSA) is 149 Å². The van der Waals surface area contributed by atoms with Crippen molar-refractivity contribution in [3.05, 3.63) is 88.1 Å². The van der Waals surface area contributed by atoms with Crippen molar-refractivity contribution >= 4 is 48.3 Å². The van der Waals surface area contributed by atoms with Gasteiger partial charge in [0.1, 0.15) is 10.6 Å². The Labute approximate surface area is 238 Å². The van der Waals surface area contributed by atoms with Gasteiger partial charge in [-0.25, -0.2) is 21.6 Å². The summed E-state index contributed by atoms with van der Waals surface area (Å²) in [5.41, 5.74) is 2.26. The lowest BCUT2D eigenvalue weighted by atomic mass is 10.2. The van der Waals surface area contributed by atoms with Gasteiger partial charge in [-0.3, -0.25) is 4.79 Å². The number of aromatic amines is 1. The average molecular weight is 599 g/mol. The van der Waals surface area contributed by atoms with E-state index in [4.69, 9.17) is 16.9 Å². The van der Waals surface area contributed by atoms with Crippen LogP contribution in [0.1, 0.15) is 40.0 Å². The number of hydrogen-bond acceptors (Lipinski definition) is 6. The zero-order chi connectivity index (χ0) is 29.1. The Hall–Kier alpha value is -3.69. The van der Waals surface area contributed by atoms with Gasteiger partial charge in [-0.05, 0) is 92.4 Å². The van der Waals surface area contributed by atoms with Crippen LogP contribution in [-0.2, 0) is 19.9 Å². The highest BCUT2D eigenvalue weighted by molar-refractivity contribution is 7.91. The van der Waals surface area contributed by atoms with Gasteiger partial charge < -0.3 is 10.3 Å². The van der Waals surface area contributed by atoms with Crippen LogP contribution in [0.25, 0.3) is 10.9 Å². The van der Waals surface area contributed by atoms with E-state index in [2.05, 4.69) is 15.0 Å². The lowest BCUT2D eigenvalue weighted by Gasteiger charge is -2.10. The van der Waals surface area contributed by atoms with Crippen molar-refractivity contribution in [1.82, 2.24) is 15.0 Å². The number of nitrogens with zero attached hydrogens (tertiary/aromatic N) is 1. The van der Waals surface area contributed by atoms with E-state index in [9.17, 15) is 21.6 Å². The number of amides is 1. The second-order valence-electron chi connectivity index (χ2n) is 9.34. The molecular weight excluding hydrogens is 572 g/mol. The molecule has 3 N–H and O–H groups in total.